The summed E-state index contributed by atoms with van der Waals surface area (Å²) >= 11 is 0. The fraction of sp³-hybridized carbons (Fsp3) is 0.350. The molecule has 2 N–H and O–H groups in total. The van der Waals surface area contributed by atoms with Crippen LogP contribution in [0.15, 0.2) is 60.7 Å². The quantitative estimate of drug-likeness (QED) is 0.844. The van der Waals surface area contributed by atoms with E-state index in [1.807, 2.05) is 12.1 Å². The van der Waals surface area contributed by atoms with E-state index >= 15 is 0 Å². The first-order valence-corrected chi connectivity index (χ1v) is 8.43. The van der Waals surface area contributed by atoms with Gasteiger partial charge in [0.1, 0.15) is 0 Å². The third-order valence-corrected chi connectivity index (χ3v) is 4.50. The number of carbonyl (C=O) groups is 1. The van der Waals surface area contributed by atoms with Gasteiger partial charge in [-0.15, -0.1) is 12.4 Å². The Bertz CT molecular complexity index is 612. The van der Waals surface area contributed by atoms with Gasteiger partial charge in [-0.05, 0) is 36.9 Å². The van der Waals surface area contributed by atoms with Crippen molar-refractivity contribution in [3.8, 4) is 0 Å². The minimum atomic E-state index is -0.0110. The molecule has 3 rings (SSSR count). The highest BCUT2D eigenvalue weighted by Gasteiger charge is 2.22. The lowest BCUT2D eigenvalue weighted by molar-refractivity contribution is -0.122. The van der Waals surface area contributed by atoms with Crippen molar-refractivity contribution in [1.29, 1.82) is 0 Å². The van der Waals surface area contributed by atoms with Gasteiger partial charge in [0.15, 0.2) is 0 Å². The number of nitrogens with one attached hydrogen (secondary N) is 2. The van der Waals surface area contributed by atoms with E-state index in [-0.39, 0.29) is 24.4 Å². The van der Waals surface area contributed by atoms with E-state index in [0.29, 0.717) is 12.5 Å². The van der Waals surface area contributed by atoms with E-state index in [4.69, 9.17) is 0 Å². The Labute approximate surface area is 150 Å². The van der Waals surface area contributed by atoms with Crippen LogP contribution in [0.4, 0.5) is 0 Å². The number of halogens is 1. The number of benzene rings is 2. The molecule has 128 valence electrons. The molecule has 0 radical (unpaired) electrons. The molecule has 2 aromatic rings. The molecule has 0 bridgehead atoms. The average Bonchev–Trinajstić information content (AvgIpc) is 3.15. The normalized spacial score (nSPS) is 17.8. The Morgan fingerprint density at radius 3 is 2.38 bits per heavy atom. The molecule has 2 unspecified atom stereocenters. The van der Waals surface area contributed by atoms with Gasteiger partial charge >= 0.3 is 0 Å². The van der Waals surface area contributed by atoms with Crippen LogP contribution in [0.2, 0.25) is 0 Å². The van der Waals surface area contributed by atoms with Crippen molar-refractivity contribution in [3.05, 3.63) is 71.8 Å². The lowest BCUT2D eigenvalue weighted by Crippen LogP contribution is -2.42. The maximum absolute atomic E-state index is 12.3. The van der Waals surface area contributed by atoms with Gasteiger partial charge in [-0.25, -0.2) is 0 Å². The largest absolute Gasteiger partial charge is 0.354 e. The molecule has 1 saturated heterocycles. The number of carbonyl (C=O) groups excluding carboxylic acids is 1. The summed E-state index contributed by atoms with van der Waals surface area (Å²) in [5.41, 5.74) is 2.57. The molecule has 1 heterocycles. The molecule has 0 saturated carbocycles. The third-order valence-electron chi connectivity index (χ3n) is 4.50. The van der Waals surface area contributed by atoms with Crippen molar-refractivity contribution in [3.63, 3.8) is 0 Å². The van der Waals surface area contributed by atoms with Gasteiger partial charge in [-0.2, -0.15) is 0 Å². The van der Waals surface area contributed by atoms with Crippen molar-refractivity contribution in [2.45, 2.75) is 31.2 Å². The number of rotatable bonds is 6. The summed E-state index contributed by atoms with van der Waals surface area (Å²) in [6.45, 7) is 1.63. The van der Waals surface area contributed by atoms with Crippen LogP contribution in [-0.2, 0) is 11.2 Å². The highest BCUT2D eigenvalue weighted by atomic mass is 35.5. The van der Waals surface area contributed by atoms with Crippen LogP contribution < -0.4 is 10.6 Å². The van der Waals surface area contributed by atoms with Crippen molar-refractivity contribution >= 4 is 18.3 Å². The van der Waals surface area contributed by atoms with Crippen LogP contribution in [0.5, 0.6) is 0 Å². The topological polar surface area (TPSA) is 41.1 Å². The summed E-state index contributed by atoms with van der Waals surface area (Å²) < 4.78 is 0. The van der Waals surface area contributed by atoms with Crippen LogP contribution in [0.1, 0.15) is 29.9 Å². The molecule has 1 aliphatic heterocycles. The molecule has 0 spiro atoms. The average molecular weight is 345 g/mol. The number of amides is 1. The lowest BCUT2D eigenvalue weighted by atomic mass is 9.92. The molecular weight excluding hydrogens is 320 g/mol. The van der Waals surface area contributed by atoms with Crippen LogP contribution in [-0.4, -0.2) is 25.0 Å². The zero-order valence-corrected chi connectivity index (χ0v) is 14.6. The minimum Gasteiger partial charge on any atom is -0.354 e. The number of hydrogen-bond donors (Lipinski definition) is 2. The Morgan fingerprint density at radius 1 is 1.08 bits per heavy atom. The summed E-state index contributed by atoms with van der Waals surface area (Å²) in [6, 6.07) is 20.9. The Kier molecular flexibility index (Phi) is 7.29. The van der Waals surface area contributed by atoms with Crippen LogP contribution in [0, 0.1) is 0 Å². The van der Waals surface area contributed by atoms with Crippen molar-refractivity contribution < 1.29 is 4.79 Å². The Balaban J connectivity index is 0.00000208. The van der Waals surface area contributed by atoms with Gasteiger partial charge < -0.3 is 10.6 Å². The van der Waals surface area contributed by atoms with E-state index in [0.717, 1.165) is 25.8 Å². The van der Waals surface area contributed by atoms with E-state index in [2.05, 4.69) is 59.2 Å². The Morgan fingerprint density at radius 2 is 1.75 bits per heavy atom. The first kappa shape index (κ1) is 18.5. The minimum absolute atomic E-state index is 0. The fourth-order valence-electron chi connectivity index (χ4n) is 3.19. The van der Waals surface area contributed by atoms with Gasteiger partial charge in [0.2, 0.25) is 5.91 Å². The highest BCUT2D eigenvalue weighted by Crippen LogP contribution is 2.20. The standard InChI is InChI=1S/C20H24N2O.ClH/c23-20(19-12-7-13-21-19)22-15-18(17-10-5-2-6-11-17)14-16-8-3-1-4-9-16;/h1-6,8-11,18-19,21H,7,12-15H2,(H,22,23);1H. The highest BCUT2D eigenvalue weighted by molar-refractivity contribution is 5.85. The fourth-order valence-corrected chi connectivity index (χ4v) is 3.19. The predicted octanol–water partition coefficient (Wildman–Crippen LogP) is 3.30. The maximum Gasteiger partial charge on any atom is 0.237 e. The summed E-state index contributed by atoms with van der Waals surface area (Å²) in [4.78, 5) is 12.3. The molecule has 2 aromatic carbocycles. The molecule has 24 heavy (non-hydrogen) atoms. The second-order valence-corrected chi connectivity index (χ2v) is 6.19. The predicted molar refractivity (Wildman–Crippen MR) is 101 cm³/mol. The van der Waals surface area contributed by atoms with Gasteiger partial charge in [0.25, 0.3) is 0 Å². The molecule has 3 nitrogen and oxygen atoms in total. The molecule has 0 aromatic heterocycles. The van der Waals surface area contributed by atoms with Crippen LogP contribution in [0.25, 0.3) is 0 Å². The summed E-state index contributed by atoms with van der Waals surface area (Å²) in [6.07, 6.45) is 2.97. The molecule has 2 atom stereocenters. The van der Waals surface area contributed by atoms with E-state index in [1.165, 1.54) is 11.1 Å². The van der Waals surface area contributed by atoms with Crippen LogP contribution >= 0.6 is 12.4 Å². The maximum atomic E-state index is 12.3. The van der Waals surface area contributed by atoms with Gasteiger partial charge in [-0.3, -0.25) is 4.79 Å². The van der Waals surface area contributed by atoms with Gasteiger partial charge in [0.05, 0.1) is 6.04 Å². The molecule has 0 aliphatic carbocycles. The molecule has 4 heteroatoms. The van der Waals surface area contributed by atoms with Gasteiger partial charge in [-0.1, -0.05) is 60.7 Å². The van der Waals surface area contributed by atoms with Crippen molar-refractivity contribution in [2.24, 2.45) is 0 Å². The number of hydrogen-bond acceptors (Lipinski definition) is 2. The molecule has 1 amide bonds. The summed E-state index contributed by atoms with van der Waals surface area (Å²) in [5, 5.41) is 6.40. The summed E-state index contributed by atoms with van der Waals surface area (Å²) in [5.74, 6) is 0.431. The summed E-state index contributed by atoms with van der Waals surface area (Å²) in [7, 11) is 0. The van der Waals surface area contributed by atoms with E-state index < -0.39 is 0 Å². The van der Waals surface area contributed by atoms with E-state index in [1.54, 1.807) is 0 Å². The second kappa shape index (κ2) is 9.45. The first-order chi connectivity index (χ1) is 11.3. The van der Waals surface area contributed by atoms with Crippen molar-refractivity contribution in [2.75, 3.05) is 13.1 Å². The SMILES string of the molecule is Cl.O=C(NCC(Cc1ccccc1)c1ccccc1)C1CCCN1. The molecule has 1 fully saturated rings. The van der Waals surface area contributed by atoms with E-state index in [9.17, 15) is 4.79 Å². The Hall–Kier alpha value is -1.84. The van der Waals surface area contributed by atoms with Gasteiger partial charge in [0, 0.05) is 12.5 Å². The zero-order valence-electron chi connectivity index (χ0n) is 13.8. The molecule has 1 aliphatic rings. The lowest BCUT2D eigenvalue weighted by Gasteiger charge is -2.20. The monoisotopic (exact) mass is 344 g/mol. The molecular formula is C20H25ClN2O. The zero-order chi connectivity index (χ0) is 15.9. The first-order valence-electron chi connectivity index (χ1n) is 8.43. The third kappa shape index (κ3) is 5.08. The van der Waals surface area contributed by atoms with Crippen molar-refractivity contribution in [1.82, 2.24) is 10.6 Å². The van der Waals surface area contributed by atoms with Crippen LogP contribution in [0.3, 0.4) is 0 Å². The smallest absolute Gasteiger partial charge is 0.237 e. The second-order valence-electron chi connectivity index (χ2n) is 6.19.